The summed E-state index contributed by atoms with van der Waals surface area (Å²) in [6.07, 6.45) is -5.57. The van der Waals surface area contributed by atoms with Gasteiger partial charge in [-0.2, -0.15) is 34.8 Å². The second-order valence-electron chi connectivity index (χ2n) is 7.09. The highest BCUT2D eigenvalue weighted by molar-refractivity contribution is 7.88. The molecular formula is C21H13Cl2F6NO5S. The van der Waals surface area contributed by atoms with Crippen LogP contribution in [-0.4, -0.2) is 31.5 Å². The predicted octanol–water partition coefficient (Wildman–Crippen LogP) is 6.56. The number of carbonyl (C=O) groups is 1. The van der Waals surface area contributed by atoms with Crippen molar-refractivity contribution in [3.8, 4) is 5.88 Å². The summed E-state index contributed by atoms with van der Waals surface area (Å²) in [7, 11) is -6.45. The summed E-state index contributed by atoms with van der Waals surface area (Å²) < 4.78 is 113. The number of pyridine rings is 1. The summed E-state index contributed by atoms with van der Waals surface area (Å²) in [4.78, 5) is 16.2. The molecule has 0 aliphatic heterocycles. The van der Waals surface area contributed by atoms with Crippen molar-refractivity contribution in [2.24, 2.45) is 0 Å². The molecular weight excluding hydrogens is 563 g/mol. The Morgan fingerprint density at radius 3 is 2.25 bits per heavy atom. The predicted molar refractivity (Wildman–Crippen MR) is 118 cm³/mol. The van der Waals surface area contributed by atoms with E-state index in [1.54, 1.807) is 0 Å². The maximum absolute atomic E-state index is 13.8. The minimum Gasteiger partial charge on any atom is -0.462 e. The third kappa shape index (κ3) is 5.62. The fourth-order valence-electron chi connectivity index (χ4n) is 3.23. The van der Waals surface area contributed by atoms with Crippen LogP contribution in [0.2, 0.25) is 10.0 Å². The van der Waals surface area contributed by atoms with Crippen molar-refractivity contribution in [1.29, 1.82) is 0 Å². The van der Waals surface area contributed by atoms with Crippen molar-refractivity contribution in [3.05, 3.63) is 68.7 Å². The van der Waals surface area contributed by atoms with Crippen LogP contribution < -0.4 is 4.18 Å². The van der Waals surface area contributed by atoms with Gasteiger partial charge in [0.15, 0.2) is 0 Å². The Bertz CT molecular complexity index is 1440. The van der Waals surface area contributed by atoms with Crippen LogP contribution in [0.4, 0.5) is 26.3 Å². The molecule has 0 saturated carbocycles. The molecule has 3 rings (SSSR count). The van der Waals surface area contributed by atoms with Gasteiger partial charge in [0.2, 0.25) is 5.88 Å². The quantitative estimate of drug-likeness (QED) is 0.143. The van der Waals surface area contributed by atoms with E-state index in [1.807, 2.05) is 0 Å². The molecule has 0 radical (unpaired) electrons. The van der Waals surface area contributed by atoms with Gasteiger partial charge in [-0.1, -0.05) is 41.4 Å². The van der Waals surface area contributed by atoms with E-state index in [0.29, 0.717) is 6.07 Å². The molecule has 0 fully saturated rings. The van der Waals surface area contributed by atoms with Crippen LogP contribution in [-0.2, 0) is 27.5 Å². The zero-order valence-corrected chi connectivity index (χ0v) is 20.1. The highest BCUT2D eigenvalue weighted by atomic mass is 35.5. The summed E-state index contributed by atoms with van der Waals surface area (Å²) in [6, 6.07) is 7.34. The zero-order valence-electron chi connectivity index (χ0n) is 17.8. The fraction of sp³-hybridized carbons (Fsp3) is 0.238. The first-order valence-corrected chi connectivity index (χ1v) is 11.9. The van der Waals surface area contributed by atoms with Gasteiger partial charge in [-0.05, 0) is 36.2 Å². The number of nitrogens with zero attached hydrogens (tertiary/aromatic N) is 1. The van der Waals surface area contributed by atoms with Crippen LogP contribution in [0, 0.1) is 0 Å². The minimum absolute atomic E-state index is 0.0979. The topological polar surface area (TPSA) is 82.6 Å². The lowest BCUT2D eigenvalue weighted by Crippen LogP contribution is -2.29. The third-order valence-electron chi connectivity index (χ3n) is 4.71. The first-order chi connectivity index (χ1) is 16.6. The monoisotopic (exact) mass is 575 g/mol. The second-order valence-corrected chi connectivity index (χ2v) is 9.47. The molecule has 0 unspecified atom stereocenters. The Morgan fingerprint density at radius 1 is 1.06 bits per heavy atom. The molecule has 0 bridgehead atoms. The first-order valence-electron chi connectivity index (χ1n) is 9.71. The van der Waals surface area contributed by atoms with Crippen LogP contribution in [0.3, 0.4) is 0 Å². The molecule has 0 amide bonds. The van der Waals surface area contributed by atoms with E-state index >= 15 is 0 Å². The maximum Gasteiger partial charge on any atom is 0.534 e. The van der Waals surface area contributed by atoms with Gasteiger partial charge in [0, 0.05) is 21.9 Å². The van der Waals surface area contributed by atoms with Gasteiger partial charge in [0.05, 0.1) is 17.7 Å². The lowest BCUT2D eigenvalue weighted by Gasteiger charge is -2.19. The average molecular weight is 576 g/mol. The molecule has 0 N–H and O–H groups in total. The zero-order chi connectivity index (χ0) is 27.1. The molecule has 1 heterocycles. The number of benzene rings is 2. The molecule has 6 nitrogen and oxygen atoms in total. The lowest BCUT2D eigenvalue weighted by molar-refractivity contribution is -0.136. The Balaban J connectivity index is 2.51. The molecule has 0 spiro atoms. The number of carbonyl (C=O) groups excluding carboxylic acids is 1. The Morgan fingerprint density at radius 2 is 1.69 bits per heavy atom. The van der Waals surface area contributed by atoms with Crippen molar-refractivity contribution < 1.29 is 48.5 Å². The van der Waals surface area contributed by atoms with E-state index in [1.165, 1.54) is 31.2 Å². The van der Waals surface area contributed by atoms with Crippen molar-refractivity contribution in [2.75, 3.05) is 6.61 Å². The van der Waals surface area contributed by atoms with Crippen LogP contribution in [0.5, 0.6) is 5.88 Å². The summed E-state index contributed by atoms with van der Waals surface area (Å²) in [5.41, 5.74) is -9.59. The normalized spacial score (nSPS) is 12.6. The summed E-state index contributed by atoms with van der Waals surface area (Å²) in [5, 5.41) is -0.751. The van der Waals surface area contributed by atoms with Crippen LogP contribution in [0.15, 0.2) is 36.4 Å². The van der Waals surface area contributed by atoms with Gasteiger partial charge in [0.25, 0.3) is 0 Å². The molecule has 1 aromatic heterocycles. The Hall–Kier alpha value is -2.77. The SMILES string of the molecule is CCOC(=O)c1c(OS(=O)(=O)C(F)(F)F)nc2c(C(F)(F)F)cc(Cl)cc2c1Cc1ccccc1Cl. The van der Waals surface area contributed by atoms with Gasteiger partial charge in [-0.3, -0.25) is 0 Å². The number of esters is 1. The standard InChI is InChI=1S/C21H13Cl2F6NO5S/c1-2-34-19(31)16-12(7-10-5-3-4-6-15(10)23)13-8-11(22)9-14(20(24,25)26)17(13)30-18(16)35-36(32,33)21(27,28)29/h3-6,8-9H,2,7H2,1H3. The molecule has 2 aromatic carbocycles. The number of aromatic nitrogens is 1. The van der Waals surface area contributed by atoms with Crippen molar-refractivity contribution in [2.45, 2.75) is 25.0 Å². The van der Waals surface area contributed by atoms with Crippen LogP contribution in [0.25, 0.3) is 10.9 Å². The highest BCUT2D eigenvalue weighted by Gasteiger charge is 2.50. The van der Waals surface area contributed by atoms with E-state index in [2.05, 4.69) is 9.17 Å². The van der Waals surface area contributed by atoms with Gasteiger partial charge in [-0.25, -0.2) is 9.78 Å². The molecule has 0 aliphatic carbocycles. The van der Waals surface area contributed by atoms with Gasteiger partial charge < -0.3 is 8.92 Å². The van der Waals surface area contributed by atoms with Crippen molar-refractivity contribution in [1.82, 2.24) is 4.98 Å². The number of fused-ring (bicyclic) bond motifs is 1. The number of halogens is 8. The molecule has 0 atom stereocenters. The maximum atomic E-state index is 13.8. The molecule has 0 aliphatic rings. The number of hydrogen-bond acceptors (Lipinski definition) is 6. The minimum atomic E-state index is -6.45. The number of alkyl halides is 6. The molecule has 15 heteroatoms. The number of ether oxygens (including phenoxy) is 1. The summed E-state index contributed by atoms with van der Waals surface area (Å²) in [6.45, 7) is 1.02. The van der Waals surface area contributed by atoms with E-state index in [0.717, 1.165) is 6.07 Å². The second kappa shape index (κ2) is 9.94. The highest BCUT2D eigenvalue weighted by Crippen LogP contribution is 2.41. The fourth-order valence-corrected chi connectivity index (χ4v) is 4.07. The number of rotatable bonds is 6. The largest absolute Gasteiger partial charge is 0.534 e. The first kappa shape index (κ1) is 27.8. The van der Waals surface area contributed by atoms with Gasteiger partial charge in [-0.15, -0.1) is 0 Å². The van der Waals surface area contributed by atoms with E-state index in [9.17, 15) is 39.6 Å². The van der Waals surface area contributed by atoms with E-state index in [-0.39, 0.29) is 17.2 Å². The molecule has 36 heavy (non-hydrogen) atoms. The van der Waals surface area contributed by atoms with Crippen LogP contribution >= 0.6 is 23.2 Å². The summed E-state index contributed by atoms with van der Waals surface area (Å²) >= 11 is 12.0. The lowest BCUT2D eigenvalue weighted by atomic mass is 9.94. The van der Waals surface area contributed by atoms with Gasteiger partial charge >= 0.3 is 27.8 Å². The molecule has 0 saturated heterocycles. The Labute approximate surface area is 209 Å². The molecule has 3 aromatic rings. The van der Waals surface area contributed by atoms with Crippen molar-refractivity contribution in [3.63, 3.8) is 0 Å². The molecule has 194 valence electrons. The Kier molecular flexibility index (Phi) is 7.68. The van der Waals surface area contributed by atoms with Crippen molar-refractivity contribution >= 4 is 50.2 Å². The van der Waals surface area contributed by atoms with E-state index in [4.69, 9.17) is 27.9 Å². The smallest absolute Gasteiger partial charge is 0.462 e. The summed E-state index contributed by atoms with van der Waals surface area (Å²) in [5.74, 6) is -2.94. The number of hydrogen-bond donors (Lipinski definition) is 0. The average Bonchev–Trinajstić information content (AvgIpc) is 2.73. The van der Waals surface area contributed by atoms with Gasteiger partial charge in [0.1, 0.15) is 5.56 Å². The van der Waals surface area contributed by atoms with E-state index < -0.39 is 72.7 Å². The third-order valence-corrected chi connectivity index (χ3v) is 6.24. The van der Waals surface area contributed by atoms with Crippen LogP contribution in [0.1, 0.15) is 34.0 Å².